The largest absolute Gasteiger partial charge is 0.304 e. The fraction of sp³-hybridized carbons (Fsp3) is 0.176. The van der Waals surface area contributed by atoms with Crippen LogP contribution in [0.4, 0.5) is 0 Å². The zero-order valence-corrected chi connectivity index (χ0v) is 12.0. The van der Waals surface area contributed by atoms with Gasteiger partial charge in [0, 0.05) is 31.2 Å². The number of nitrogens with one attached hydrogen (secondary N) is 1. The zero-order chi connectivity index (χ0) is 14.5. The zero-order valence-electron chi connectivity index (χ0n) is 12.0. The molecule has 1 atom stereocenters. The molecule has 3 rings (SSSR count). The first kappa shape index (κ1) is 13.5. The summed E-state index contributed by atoms with van der Waals surface area (Å²) in [5, 5.41) is 8.06. The van der Waals surface area contributed by atoms with Gasteiger partial charge in [-0.2, -0.15) is 5.10 Å². The molecule has 0 amide bonds. The molecule has 0 saturated heterocycles. The Balaban J connectivity index is 1.63. The SMILES string of the molecule is CC(NCc1ccn(-c2ccccc2)n1)c1ccncc1. The fourth-order valence-electron chi connectivity index (χ4n) is 2.21. The van der Waals surface area contributed by atoms with Gasteiger partial charge in [0.25, 0.3) is 0 Å². The number of pyridine rings is 1. The number of benzene rings is 1. The van der Waals surface area contributed by atoms with Gasteiger partial charge >= 0.3 is 0 Å². The molecular formula is C17H18N4. The normalized spacial score (nSPS) is 12.2. The van der Waals surface area contributed by atoms with Gasteiger partial charge in [-0.15, -0.1) is 0 Å². The Labute approximate surface area is 124 Å². The van der Waals surface area contributed by atoms with Crippen molar-refractivity contribution >= 4 is 0 Å². The molecule has 0 fully saturated rings. The monoisotopic (exact) mass is 278 g/mol. The maximum Gasteiger partial charge on any atom is 0.0767 e. The second-order valence-corrected chi connectivity index (χ2v) is 4.97. The van der Waals surface area contributed by atoms with Crippen molar-refractivity contribution in [3.05, 3.63) is 78.4 Å². The molecule has 4 nitrogen and oxygen atoms in total. The summed E-state index contributed by atoms with van der Waals surface area (Å²) in [5.41, 5.74) is 3.33. The van der Waals surface area contributed by atoms with E-state index >= 15 is 0 Å². The molecule has 0 spiro atoms. The van der Waals surface area contributed by atoms with E-state index in [0.29, 0.717) is 0 Å². The van der Waals surface area contributed by atoms with Crippen LogP contribution in [0.3, 0.4) is 0 Å². The number of rotatable bonds is 5. The molecule has 2 heterocycles. The van der Waals surface area contributed by atoms with Crippen LogP contribution < -0.4 is 5.32 Å². The molecule has 2 aromatic heterocycles. The van der Waals surface area contributed by atoms with Gasteiger partial charge in [0.05, 0.1) is 11.4 Å². The minimum absolute atomic E-state index is 0.273. The van der Waals surface area contributed by atoms with Crippen molar-refractivity contribution in [2.24, 2.45) is 0 Å². The molecule has 3 aromatic rings. The Morgan fingerprint density at radius 3 is 2.57 bits per heavy atom. The average Bonchev–Trinajstić information content (AvgIpc) is 3.03. The van der Waals surface area contributed by atoms with E-state index < -0.39 is 0 Å². The summed E-state index contributed by atoms with van der Waals surface area (Å²) < 4.78 is 1.90. The summed E-state index contributed by atoms with van der Waals surface area (Å²) in [6, 6.07) is 16.5. The third-order valence-electron chi connectivity index (χ3n) is 3.46. The molecule has 1 N–H and O–H groups in total. The highest BCUT2D eigenvalue weighted by atomic mass is 15.3. The van der Waals surface area contributed by atoms with Crippen molar-refractivity contribution in [1.82, 2.24) is 20.1 Å². The van der Waals surface area contributed by atoms with E-state index in [1.165, 1.54) is 5.56 Å². The molecule has 106 valence electrons. The van der Waals surface area contributed by atoms with Crippen molar-refractivity contribution in [1.29, 1.82) is 0 Å². The van der Waals surface area contributed by atoms with Crippen molar-refractivity contribution in [2.45, 2.75) is 19.5 Å². The van der Waals surface area contributed by atoms with E-state index in [9.17, 15) is 0 Å². The third kappa shape index (κ3) is 3.35. The predicted molar refractivity (Wildman–Crippen MR) is 83.1 cm³/mol. The molecule has 1 unspecified atom stereocenters. The van der Waals surface area contributed by atoms with Gasteiger partial charge in [0.15, 0.2) is 0 Å². The highest BCUT2D eigenvalue weighted by molar-refractivity contribution is 5.30. The lowest BCUT2D eigenvalue weighted by molar-refractivity contribution is 0.564. The standard InChI is InChI=1S/C17H18N4/c1-14(15-7-10-18-11-8-15)19-13-16-9-12-21(20-16)17-5-3-2-4-6-17/h2-12,14,19H,13H2,1H3. The molecule has 0 radical (unpaired) electrons. The van der Waals surface area contributed by atoms with Crippen molar-refractivity contribution in [3.63, 3.8) is 0 Å². The molecule has 0 saturated carbocycles. The van der Waals surface area contributed by atoms with Gasteiger partial charge in [0.1, 0.15) is 0 Å². The van der Waals surface area contributed by atoms with Gasteiger partial charge in [-0.3, -0.25) is 4.98 Å². The van der Waals surface area contributed by atoms with E-state index in [4.69, 9.17) is 0 Å². The lowest BCUT2D eigenvalue weighted by atomic mass is 10.1. The number of nitrogens with zero attached hydrogens (tertiary/aromatic N) is 3. The number of hydrogen-bond donors (Lipinski definition) is 1. The highest BCUT2D eigenvalue weighted by Gasteiger charge is 2.06. The van der Waals surface area contributed by atoms with Crippen molar-refractivity contribution in [3.8, 4) is 5.69 Å². The highest BCUT2D eigenvalue weighted by Crippen LogP contribution is 2.12. The second kappa shape index (κ2) is 6.33. The molecule has 4 heteroatoms. The smallest absolute Gasteiger partial charge is 0.0767 e. The van der Waals surface area contributed by atoms with E-state index in [2.05, 4.69) is 22.3 Å². The summed E-state index contributed by atoms with van der Waals surface area (Å²) in [7, 11) is 0. The Kier molecular flexibility index (Phi) is 4.07. The molecule has 0 aliphatic carbocycles. The van der Waals surface area contributed by atoms with Crippen LogP contribution in [0.15, 0.2) is 67.1 Å². The summed E-state index contributed by atoms with van der Waals surface area (Å²) in [6.45, 7) is 2.88. The maximum atomic E-state index is 4.59. The van der Waals surface area contributed by atoms with E-state index in [1.807, 2.05) is 71.8 Å². The summed E-state index contributed by atoms with van der Waals surface area (Å²) in [4.78, 5) is 4.04. The Hall–Kier alpha value is -2.46. The van der Waals surface area contributed by atoms with Gasteiger partial charge in [-0.1, -0.05) is 18.2 Å². The lowest BCUT2D eigenvalue weighted by Crippen LogP contribution is -2.18. The first-order chi connectivity index (χ1) is 10.3. The van der Waals surface area contributed by atoms with Crippen LogP contribution in [0.5, 0.6) is 0 Å². The third-order valence-corrected chi connectivity index (χ3v) is 3.46. The van der Waals surface area contributed by atoms with Gasteiger partial charge in [0.2, 0.25) is 0 Å². The lowest BCUT2D eigenvalue weighted by Gasteiger charge is -2.12. The minimum Gasteiger partial charge on any atom is -0.304 e. The summed E-state index contributed by atoms with van der Waals surface area (Å²) in [6.07, 6.45) is 5.62. The summed E-state index contributed by atoms with van der Waals surface area (Å²) in [5.74, 6) is 0. The average molecular weight is 278 g/mol. The topological polar surface area (TPSA) is 42.7 Å². The van der Waals surface area contributed by atoms with Crippen molar-refractivity contribution in [2.75, 3.05) is 0 Å². The first-order valence-corrected chi connectivity index (χ1v) is 7.06. The Morgan fingerprint density at radius 1 is 1.05 bits per heavy atom. The quantitative estimate of drug-likeness (QED) is 0.779. The number of aromatic nitrogens is 3. The van der Waals surface area contributed by atoms with Crippen LogP contribution >= 0.6 is 0 Å². The number of hydrogen-bond acceptors (Lipinski definition) is 3. The maximum absolute atomic E-state index is 4.59. The molecule has 21 heavy (non-hydrogen) atoms. The second-order valence-electron chi connectivity index (χ2n) is 4.97. The fourth-order valence-corrected chi connectivity index (χ4v) is 2.21. The molecule has 0 aliphatic heterocycles. The van der Waals surface area contributed by atoms with E-state index in [0.717, 1.165) is 17.9 Å². The van der Waals surface area contributed by atoms with Gasteiger partial charge in [-0.25, -0.2) is 4.68 Å². The molecule has 0 aliphatic rings. The van der Waals surface area contributed by atoms with Crippen LogP contribution in [-0.4, -0.2) is 14.8 Å². The molecular weight excluding hydrogens is 260 g/mol. The van der Waals surface area contributed by atoms with Crippen LogP contribution in [0.2, 0.25) is 0 Å². The van der Waals surface area contributed by atoms with Crippen LogP contribution in [0, 0.1) is 0 Å². The first-order valence-electron chi connectivity index (χ1n) is 7.06. The van der Waals surface area contributed by atoms with Gasteiger partial charge < -0.3 is 5.32 Å². The minimum atomic E-state index is 0.273. The molecule has 1 aromatic carbocycles. The van der Waals surface area contributed by atoms with Crippen molar-refractivity contribution < 1.29 is 0 Å². The predicted octanol–water partition coefficient (Wildman–Crippen LogP) is 3.12. The Morgan fingerprint density at radius 2 is 1.81 bits per heavy atom. The molecule has 0 bridgehead atoms. The van der Waals surface area contributed by atoms with E-state index in [1.54, 1.807) is 0 Å². The van der Waals surface area contributed by atoms with Crippen LogP contribution in [0.25, 0.3) is 5.69 Å². The Bertz CT molecular complexity index is 676. The van der Waals surface area contributed by atoms with E-state index in [-0.39, 0.29) is 6.04 Å². The van der Waals surface area contributed by atoms with Crippen LogP contribution in [0.1, 0.15) is 24.2 Å². The number of para-hydroxylation sites is 1. The van der Waals surface area contributed by atoms with Crippen LogP contribution in [-0.2, 0) is 6.54 Å². The summed E-state index contributed by atoms with van der Waals surface area (Å²) >= 11 is 0. The van der Waals surface area contributed by atoms with Gasteiger partial charge in [-0.05, 0) is 42.8 Å².